The highest BCUT2D eigenvalue weighted by Gasteiger charge is 2.16. The van der Waals surface area contributed by atoms with Crippen molar-refractivity contribution >= 4 is 15.9 Å². The Balaban J connectivity index is 2.94. The van der Waals surface area contributed by atoms with Crippen LogP contribution in [0.4, 0.5) is 0 Å². The number of rotatable bonds is 4. The number of nitrogens with one attached hydrogen (secondary N) is 1. The number of hydrogen-bond acceptors (Lipinski definition) is 5. The van der Waals surface area contributed by atoms with Crippen LogP contribution in [-0.4, -0.2) is 26.0 Å². The van der Waals surface area contributed by atoms with Crippen molar-refractivity contribution < 1.29 is 18.3 Å². The normalized spacial score (nSPS) is 11.1. The number of hydrogen-bond donors (Lipinski definition) is 3. The van der Waals surface area contributed by atoms with Crippen LogP contribution in [0.2, 0.25) is 0 Å². The van der Waals surface area contributed by atoms with Crippen molar-refractivity contribution in [2.45, 2.75) is 11.4 Å². The third-order valence-electron chi connectivity index (χ3n) is 1.86. The monoisotopic (exact) mass is 244 g/mol. The molecular weight excluding hydrogens is 232 g/mol. The second kappa shape index (κ2) is 5.06. The highest BCUT2D eigenvalue weighted by molar-refractivity contribution is 7.90. The summed E-state index contributed by atoms with van der Waals surface area (Å²) in [6, 6.07) is 5.79. The Morgan fingerprint density at radius 2 is 1.88 bits per heavy atom. The van der Waals surface area contributed by atoms with Crippen LogP contribution >= 0.6 is 0 Å². The number of carbonyl (C=O) groups excluding carboxylic acids is 1. The SMILES string of the molecule is NCc1ccc(S(=O)(=O)NC(=O)CO)cc1. The zero-order valence-corrected chi connectivity index (χ0v) is 9.20. The van der Waals surface area contributed by atoms with E-state index in [2.05, 4.69) is 0 Å². The van der Waals surface area contributed by atoms with Crippen LogP contribution in [0.1, 0.15) is 5.56 Å². The van der Waals surface area contributed by atoms with Crippen LogP contribution in [-0.2, 0) is 21.4 Å². The van der Waals surface area contributed by atoms with E-state index in [0.29, 0.717) is 6.54 Å². The van der Waals surface area contributed by atoms with E-state index < -0.39 is 22.5 Å². The fourth-order valence-corrected chi connectivity index (χ4v) is 2.02. The van der Waals surface area contributed by atoms with Crippen molar-refractivity contribution in [2.75, 3.05) is 6.61 Å². The smallest absolute Gasteiger partial charge is 0.264 e. The van der Waals surface area contributed by atoms with E-state index in [1.54, 1.807) is 16.9 Å². The second-order valence-corrected chi connectivity index (χ2v) is 4.72. The van der Waals surface area contributed by atoms with Gasteiger partial charge in [-0.1, -0.05) is 12.1 Å². The van der Waals surface area contributed by atoms with Crippen LogP contribution in [0.25, 0.3) is 0 Å². The van der Waals surface area contributed by atoms with E-state index >= 15 is 0 Å². The lowest BCUT2D eigenvalue weighted by Gasteiger charge is -2.05. The van der Waals surface area contributed by atoms with Gasteiger partial charge in [0, 0.05) is 6.54 Å². The number of carbonyl (C=O) groups is 1. The van der Waals surface area contributed by atoms with Crippen LogP contribution in [0.5, 0.6) is 0 Å². The summed E-state index contributed by atoms with van der Waals surface area (Å²) in [4.78, 5) is 10.7. The van der Waals surface area contributed by atoms with Gasteiger partial charge >= 0.3 is 0 Å². The summed E-state index contributed by atoms with van der Waals surface area (Å²) in [7, 11) is -3.90. The van der Waals surface area contributed by atoms with Crippen molar-refractivity contribution in [1.29, 1.82) is 0 Å². The summed E-state index contributed by atoms with van der Waals surface area (Å²) in [5.41, 5.74) is 6.14. The first-order valence-corrected chi connectivity index (χ1v) is 5.93. The van der Waals surface area contributed by atoms with Gasteiger partial charge in [-0.15, -0.1) is 0 Å². The molecule has 1 aromatic rings. The molecule has 1 amide bonds. The van der Waals surface area contributed by atoms with Crippen LogP contribution in [0, 0.1) is 0 Å². The molecule has 0 saturated carbocycles. The molecule has 1 aromatic carbocycles. The molecule has 0 aromatic heterocycles. The minimum atomic E-state index is -3.90. The average molecular weight is 244 g/mol. The summed E-state index contributed by atoms with van der Waals surface area (Å²) in [5, 5.41) is 8.43. The van der Waals surface area contributed by atoms with Gasteiger partial charge < -0.3 is 10.8 Å². The first kappa shape index (κ1) is 12.6. The maximum Gasteiger partial charge on any atom is 0.264 e. The predicted octanol–water partition coefficient (Wildman–Crippen LogP) is -1.06. The van der Waals surface area contributed by atoms with Gasteiger partial charge in [-0.05, 0) is 17.7 Å². The van der Waals surface area contributed by atoms with Gasteiger partial charge in [0.05, 0.1) is 4.90 Å². The third kappa shape index (κ3) is 3.02. The molecule has 88 valence electrons. The standard InChI is InChI=1S/C9H12N2O4S/c10-5-7-1-3-8(4-2-7)16(14,15)11-9(13)6-12/h1-4,12H,5-6,10H2,(H,11,13). The van der Waals surface area contributed by atoms with Gasteiger partial charge in [0.15, 0.2) is 0 Å². The number of benzene rings is 1. The molecule has 0 spiro atoms. The molecule has 0 bridgehead atoms. The maximum atomic E-state index is 11.5. The average Bonchev–Trinajstić information content (AvgIpc) is 2.28. The fraction of sp³-hybridized carbons (Fsp3) is 0.222. The van der Waals surface area contributed by atoms with Crippen molar-refractivity contribution in [2.24, 2.45) is 5.73 Å². The molecular formula is C9H12N2O4S. The molecule has 16 heavy (non-hydrogen) atoms. The maximum absolute atomic E-state index is 11.5. The summed E-state index contributed by atoms with van der Waals surface area (Å²) < 4.78 is 24.8. The van der Waals surface area contributed by atoms with Crippen molar-refractivity contribution in [3.05, 3.63) is 29.8 Å². The second-order valence-electron chi connectivity index (χ2n) is 3.03. The van der Waals surface area contributed by atoms with Crippen molar-refractivity contribution in [3.63, 3.8) is 0 Å². The molecule has 0 unspecified atom stereocenters. The molecule has 7 heteroatoms. The van der Waals surface area contributed by atoms with Gasteiger partial charge in [-0.25, -0.2) is 13.1 Å². The summed E-state index contributed by atoms with van der Waals surface area (Å²) >= 11 is 0. The zero-order chi connectivity index (χ0) is 12.2. The number of nitrogens with two attached hydrogens (primary N) is 1. The van der Waals surface area contributed by atoms with E-state index in [0.717, 1.165) is 5.56 Å². The molecule has 0 saturated heterocycles. The molecule has 0 aliphatic rings. The minimum absolute atomic E-state index is 0.0495. The van der Waals surface area contributed by atoms with Crippen molar-refractivity contribution in [3.8, 4) is 0 Å². The molecule has 0 atom stereocenters. The fourth-order valence-electron chi connectivity index (χ4n) is 1.05. The quantitative estimate of drug-likeness (QED) is 0.625. The molecule has 0 aliphatic heterocycles. The molecule has 0 radical (unpaired) electrons. The van der Waals surface area contributed by atoms with Crippen LogP contribution in [0.15, 0.2) is 29.2 Å². The number of aliphatic hydroxyl groups excluding tert-OH is 1. The van der Waals surface area contributed by atoms with Gasteiger partial charge in [0.25, 0.3) is 15.9 Å². The number of aliphatic hydroxyl groups is 1. The van der Waals surface area contributed by atoms with Gasteiger partial charge in [-0.2, -0.15) is 0 Å². The van der Waals surface area contributed by atoms with E-state index in [-0.39, 0.29) is 4.90 Å². The van der Waals surface area contributed by atoms with Crippen LogP contribution in [0.3, 0.4) is 0 Å². The Morgan fingerprint density at radius 3 is 2.31 bits per heavy atom. The van der Waals surface area contributed by atoms with Gasteiger partial charge in [-0.3, -0.25) is 4.79 Å². The molecule has 4 N–H and O–H groups in total. The summed E-state index contributed by atoms with van der Waals surface area (Å²) in [5.74, 6) is -0.970. The van der Waals surface area contributed by atoms with E-state index in [4.69, 9.17) is 10.8 Å². The minimum Gasteiger partial charge on any atom is -0.387 e. The lowest BCUT2D eigenvalue weighted by molar-refractivity contribution is -0.122. The number of sulfonamides is 1. The lowest BCUT2D eigenvalue weighted by atomic mass is 10.2. The highest BCUT2D eigenvalue weighted by Crippen LogP contribution is 2.09. The molecule has 6 nitrogen and oxygen atoms in total. The zero-order valence-electron chi connectivity index (χ0n) is 8.38. The first-order chi connectivity index (χ1) is 7.49. The predicted molar refractivity (Wildman–Crippen MR) is 56.7 cm³/mol. The Morgan fingerprint density at radius 1 is 1.31 bits per heavy atom. The summed E-state index contributed by atoms with van der Waals surface area (Å²) in [6.07, 6.45) is 0. The highest BCUT2D eigenvalue weighted by atomic mass is 32.2. The van der Waals surface area contributed by atoms with Crippen molar-refractivity contribution in [1.82, 2.24) is 4.72 Å². The van der Waals surface area contributed by atoms with E-state index in [9.17, 15) is 13.2 Å². The molecule has 0 aliphatic carbocycles. The van der Waals surface area contributed by atoms with Gasteiger partial charge in [0.1, 0.15) is 6.61 Å². The molecule has 0 heterocycles. The van der Waals surface area contributed by atoms with E-state index in [1.807, 2.05) is 0 Å². The number of amides is 1. The van der Waals surface area contributed by atoms with Crippen LogP contribution < -0.4 is 10.5 Å². The Labute approximate surface area is 93.1 Å². The molecule has 0 fully saturated rings. The van der Waals surface area contributed by atoms with E-state index in [1.165, 1.54) is 12.1 Å². The van der Waals surface area contributed by atoms with Gasteiger partial charge in [0.2, 0.25) is 0 Å². The largest absolute Gasteiger partial charge is 0.387 e. The molecule has 1 rings (SSSR count). The Hall–Kier alpha value is -1.44. The summed E-state index contributed by atoms with van der Waals surface area (Å²) in [6.45, 7) is -0.566. The third-order valence-corrected chi connectivity index (χ3v) is 3.25. The first-order valence-electron chi connectivity index (χ1n) is 4.45. The topological polar surface area (TPSA) is 109 Å². The Bertz CT molecular complexity index is 467. The Kier molecular flexibility index (Phi) is 3.99. The lowest BCUT2D eigenvalue weighted by Crippen LogP contribution is -2.32.